The number of benzene rings is 1. The van der Waals surface area contributed by atoms with Crippen LogP contribution in [0.2, 0.25) is 0 Å². The smallest absolute Gasteiger partial charge is 0.253 e. The standard InChI is InChI=1S/C15H15BrN4O/c1-2-7-18-15-19-13(14(21)20-15)10-5-6-11(16)9-4-3-8-17-12(9)10/h3-6,8,13H,2,7H2,1H3,(H2,18,19,20,21). The van der Waals surface area contributed by atoms with Crippen molar-refractivity contribution in [3.8, 4) is 0 Å². The number of amides is 1. The summed E-state index contributed by atoms with van der Waals surface area (Å²) in [6, 6.07) is 7.27. The Morgan fingerprint density at radius 2 is 2.24 bits per heavy atom. The highest BCUT2D eigenvalue weighted by Gasteiger charge is 2.31. The second-order valence-electron chi connectivity index (χ2n) is 4.83. The maximum absolute atomic E-state index is 12.2. The van der Waals surface area contributed by atoms with Crippen LogP contribution in [-0.4, -0.2) is 23.4 Å². The highest BCUT2D eigenvalue weighted by atomic mass is 79.9. The average Bonchev–Trinajstić information content (AvgIpc) is 2.87. The zero-order chi connectivity index (χ0) is 14.8. The first-order valence-electron chi connectivity index (χ1n) is 6.85. The van der Waals surface area contributed by atoms with Gasteiger partial charge in [0.05, 0.1) is 5.52 Å². The molecule has 0 aliphatic carbocycles. The number of aliphatic imine (C=N–C) groups is 1. The van der Waals surface area contributed by atoms with Gasteiger partial charge in [-0.1, -0.05) is 35.0 Å². The molecule has 1 atom stereocenters. The van der Waals surface area contributed by atoms with E-state index in [1.165, 1.54) is 0 Å². The summed E-state index contributed by atoms with van der Waals surface area (Å²) in [5.41, 5.74) is 1.67. The molecule has 2 N–H and O–H groups in total. The highest BCUT2D eigenvalue weighted by molar-refractivity contribution is 9.10. The molecule has 1 saturated heterocycles. The quantitative estimate of drug-likeness (QED) is 0.897. The normalized spacial score (nSPS) is 19.8. The van der Waals surface area contributed by atoms with Gasteiger partial charge in [0.1, 0.15) is 6.04 Å². The number of nitrogens with one attached hydrogen (secondary N) is 2. The summed E-state index contributed by atoms with van der Waals surface area (Å²) >= 11 is 3.52. The third kappa shape index (κ3) is 2.63. The van der Waals surface area contributed by atoms with Crippen LogP contribution in [0.3, 0.4) is 0 Å². The number of rotatable bonds is 3. The van der Waals surface area contributed by atoms with Gasteiger partial charge >= 0.3 is 0 Å². The predicted octanol–water partition coefficient (Wildman–Crippen LogP) is 2.52. The van der Waals surface area contributed by atoms with E-state index in [-0.39, 0.29) is 5.91 Å². The van der Waals surface area contributed by atoms with Crippen molar-refractivity contribution in [2.24, 2.45) is 4.99 Å². The Morgan fingerprint density at radius 1 is 1.38 bits per heavy atom. The summed E-state index contributed by atoms with van der Waals surface area (Å²) in [5.74, 6) is 0.443. The maximum atomic E-state index is 12.2. The summed E-state index contributed by atoms with van der Waals surface area (Å²) in [7, 11) is 0. The van der Waals surface area contributed by atoms with E-state index < -0.39 is 6.04 Å². The number of hydrogen-bond acceptors (Lipinski definition) is 3. The molecular weight excluding hydrogens is 332 g/mol. The topological polar surface area (TPSA) is 66.4 Å². The third-order valence-electron chi connectivity index (χ3n) is 3.34. The predicted molar refractivity (Wildman–Crippen MR) is 86.1 cm³/mol. The van der Waals surface area contributed by atoms with E-state index in [0.29, 0.717) is 12.5 Å². The number of hydrogen-bond donors (Lipinski definition) is 2. The fourth-order valence-electron chi connectivity index (χ4n) is 2.35. The number of carbonyl (C=O) groups is 1. The SMILES string of the molecule is CCCN=C1NC(=O)C(c2ccc(Br)c3cccnc23)N1. The van der Waals surface area contributed by atoms with Crippen LogP contribution in [0.1, 0.15) is 24.9 Å². The van der Waals surface area contributed by atoms with E-state index in [1.54, 1.807) is 6.20 Å². The van der Waals surface area contributed by atoms with Crippen molar-refractivity contribution in [3.05, 3.63) is 40.5 Å². The molecule has 0 saturated carbocycles. The van der Waals surface area contributed by atoms with Crippen molar-refractivity contribution in [2.75, 3.05) is 6.54 Å². The van der Waals surface area contributed by atoms with Crippen LogP contribution in [0.25, 0.3) is 10.9 Å². The minimum Gasteiger partial charge on any atom is -0.340 e. The van der Waals surface area contributed by atoms with Crippen LogP contribution < -0.4 is 10.6 Å². The zero-order valence-electron chi connectivity index (χ0n) is 11.6. The first-order valence-corrected chi connectivity index (χ1v) is 7.65. The largest absolute Gasteiger partial charge is 0.340 e. The number of halogens is 1. The number of aromatic nitrogens is 1. The number of fused-ring (bicyclic) bond motifs is 1. The van der Waals surface area contributed by atoms with Gasteiger partial charge in [-0.25, -0.2) is 0 Å². The lowest BCUT2D eigenvalue weighted by atomic mass is 10.0. The molecule has 1 aliphatic heterocycles. The molecule has 1 amide bonds. The molecule has 2 aromatic rings. The van der Waals surface area contributed by atoms with E-state index in [9.17, 15) is 4.79 Å². The highest BCUT2D eigenvalue weighted by Crippen LogP contribution is 2.29. The molecule has 21 heavy (non-hydrogen) atoms. The van der Waals surface area contributed by atoms with Crippen LogP contribution in [0.4, 0.5) is 0 Å². The summed E-state index contributed by atoms with van der Waals surface area (Å²) in [4.78, 5) is 20.9. The molecule has 108 valence electrons. The molecule has 1 unspecified atom stereocenters. The van der Waals surface area contributed by atoms with Crippen molar-refractivity contribution in [2.45, 2.75) is 19.4 Å². The number of guanidine groups is 1. The van der Waals surface area contributed by atoms with E-state index in [2.05, 4.69) is 36.5 Å². The lowest BCUT2D eigenvalue weighted by molar-refractivity contribution is -0.120. The van der Waals surface area contributed by atoms with Crippen LogP contribution in [0.5, 0.6) is 0 Å². The summed E-state index contributed by atoms with van der Waals surface area (Å²) in [5, 5.41) is 6.90. The van der Waals surface area contributed by atoms with Gasteiger partial charge in [0.15, 0.2) is 5.96 Å². The van der Waals surface area contributed by atoms with Gasteiger partial charge in [-0.2, -0.15) is 0 Å². The molecule has 5 nitrogen and oxygen atoms in total. The Kier molecular flexibility index (Phi) is 3.88. The van der Waals surface area contributed by atoms with Crippen LogP contribution in [-0.2, 0) is 4.79 Å². The maximum Gasteiger partial charge on any atom is 0.253 e. The molecule has 3 rings (SSSR count). The Bertz CT molecular complexity index is 729. The fourth-order valence-corrected chi connectivity index (χ4v) is 2.80. The number of carbonyl (C=O) groups excluding carboxylic acids is 1. The molecule has 0 radical (unpaired) electrons. The van der Waals surface area contributed by atoms with Crippen molar-refractivity contribution in [3.63, 3.8) is 0 Å². The molecule has 6 heteroatoms. The van der Waals surface area contributed by atoms with Crippen molar-refractivity contribution in [1.82, 2.24) is 15.6 Å². The van der Waals surface area contributed by atoms with Gasteiger partial charge < -0.3 is 5.32 Å². The van der Waals surface area contributed by atoms with E-state index in [1.807, 2.05) is 31.2 Å². The van der Waals surface area contributed by atoms with Crippen molar-refractivity contribution < 1.29 is 4.79 Å². The molecule has 0 bridgehead atoms. The van der Waals surface area contributed by atoms with Crippen LogP contribution in [0, 0.1) is 0 Å². The van der Waals surface area contributed by atoms with Crippen molar-refractivity contribution >= 4 is 38.7 Å². The van der Waals surface area contributed by atoms with Gasteiger partial charge in [-0.05, 0) is 18.6 Å². The van der Waals surface area contributed by atoms with E-state index in [4.69, 9.17) is 0 Å². The average molecular weight is 347 g/mol. The Balaban J connectivity index is 2.02. The van der Waals surface area contributed by atoms with Gasteiger partial charge in [0.25, 0.3) is 5.91 Å². The van der Waals surface area contributed by atoms with Crippen LogP contribution in [0.15, 0.2) is 39.9 Å². The Labute approximate surface area is 131 Å². The Morgan fingerprint density at radius 3 is 3.05 bits per heavy atom. The summed E-state index contributed by atoms with van der Waals surface area (Å²) in [6.45, 7) is 2.74. The number of pyridine rings is 1. The molecule has 2 heterocycles. The second kappa shape index (κ2) is 5.81. The Hall–Kier alpha value is -1.95. The van der Waals surface area contributed by atoms with Gasteiger partial charge in [-0.3, -0.25) is 20.1 Å². The number of nitrogens with zero attached hydrogens (tertiary/aromatic N) is 2. The van der Waals surface area contributed by atoms with Gasteiger partial charge in [0.2, 0.25) is 0 Å². The van der Waals surface area contributed by atoms with Crippen molar-refractivity contribution in [1.29, 1.82) is 0 Å². The lowest BCUT2D eigenvalue weighted by Gasteiger charge is -2.11. The molecule has 0 spiro atoms. The second-order valence-corrected chi connectivity index (χ2v) is 5.69. The third-order valence-corrected chi connectivity index (χ3v) is 4.03. The van der Waals surface area contributed by atoms with E-state index in [0.717, 1.165) is 27.4 Å². The molecular formula is C15H15BrN4O. The first kappa shape index (κ1) is 14.0. The molecule has 1 aromatic carbocycles. The first-order chi connectivity index (χ1) is 10.2. The van der Waals surface area contributed by atoms with Gasteiger partial charge in [-0.15, -0.1) is 0 Å². The molecule has 1 aromatic heterocycles. The minimum atomic E-state index is -0.453. The summed E-state index contributed by atoms with van der Waals surface area (Å²) < 4.78 is 0.965. The molecule has 1 fully saturated rings. The monoisotopic (exact) mass is 346 g/mol. The zero-order valence-corrected chi connectivity index (χ0v) is 13.1. The molecule has 1 aliphatic rings. The van der Waals surface area contributed by atoms with Crippen LogP contribution >= 0.6 is 15.9 Å². The fraction of sp³-hybridized carbons (Fsp3) is 0.267. The summed E-state index contributed by atoms with van der Waals surface area (Å²) in [6.07, 6.45) is 2.67. The minimum absolute atomic E-state index is 0.0980. The van der Waals surface area contributed by atoms with E-state index >= 15 is 0 Å². The lowest BCUT2D eigenvalue weighted by Crippen LogP contribution is -2.25. The van der Waals surface area contributed by atoms with Gasteiger partial charge in [0, 0.05) is 28.2 Å².